The Morgan fingerprint density at radius 3 is 1.69 bits per heavy atom. The zero-order chi connectivity index (χ0) is 12.4. The van der Waals surface area contributed by atoms with Gasteiger partial charge in [0.2, 0.25) is 0 Å². The molecule has 1 heteroatoms. The first-order valence-electron chi connectivity index (χ1n) is 7.36. The fourth-order valence-corrected chi connectivity index (χ4v) is 2.43. The van der Waals surface area contributed by atoms with Crippen molar-refractivity contribution in [2.45, 2.75) is 91.5 Å². The zero-order valence-corrected chi connectivity index (χ0v) is 12.0. The standard InChI is InChI=1S/C15H33N/c1-5-8-11-14(16)15(4,12-9-6-2)13-10-7-3/h14H,5-13,16H2,1-4H3. The Kier molecular flexibility index (Phi) is 9.02. The van der Waals surface area contributed by atoms with Crippen molar-refractivity contribution < 1.29 is 0 Å². The van der Waals surface area contributed by atoms with E-state index >= 15 is 0 Å². The second kappa shape index (κ2) is 9.04. The maximum Gasteiger partial charge on any atom is 0.00929 e. The van der Waals surface area contributed by atoms with Crippen LogP contribution in [0, 0.1) is 5.41 Å². The first kappa shape index (κ1) is 16.0. The summed E-state index contributed by atoms with van der Waals surface area (Å²) in [6.45, 7) is 9.22. The monoisotopic (exact) mass is 227 g/mol. The second-order valence-corrected chi connectivity index (χ2v) is 5.61. The van der Waals surface area contributed by atoms with Crippen molar-refractivity contribution in [1.82, 2.24) is 0 Å². The quantitative estimate of drug-likeness (QED) is 0.565. The van der Waals surface area contributed by atoms with Crippen LogP contribution in [0.1, 0.15) is 85.5 Å². The lowest BCUT2D eigenvalue weighted by Gasteiger charge is -2.36. The molecule has 0 rings (SSSR count). The van der Waals surface area contributed by atoms with Crippen molar-refractivity contribution in [1.29, 1.82) is 0 Å². The van der Waals surface area contributed by atoms with Gasteiger partial charge in [-0.05, 0) is 24.7 Å². The lowest BCUT2D eigenvalue weighted by Crippen LogP contribution is -2.39. The molecule has 98 valence electrons. The Bertz CT molecular complexity index is 146. The molecule has 16 heavy (non-hydrogen) atoms. The second-order valence-electron chi connectivity index (χ2n) is 5.61. The molecule has 0 aromatic carbocycles. The minimum atomic E-state index is 0.390. The Morgan fingerprint density at radius 1 is 0.875 bits per heavy atom. The number of unbranched alkanes of at least 4 members (excludes halogenated alkanes) is 3. The molecule has 1 atom stereocenters. The molecule has 1 nitrogen and oxygen atoms in total. The van der Waals surface area contributed by atoms with E-state index in [9.17, 15) is 0 Å². The molecule has 0 aromatic rings. The molecule has 0 heterocycles. The SMILES string of the molecule is CCCCC(N)C(C)(CCCC)CCCC. The number of rotatable bonds is 10. The van der Waals surface area contributed by atoms with Crippen molar-refractivity contribution >= 4 is 0 Å². The van der Waals surface area contributed by atoms with Crippen LogP contribution in [-0.4, -0.2) is 6.04 Å². The molecule has 0 radical (unpaired) electrons. The molecule has 0 aromatic heterocycles. The fourth-order valence-electron chi connectivity index (χ4n) is 2.43. The van der Waals surface area contributed by atoms with Crippen molar-refractivity contribution in [2.24, 2.45) is 11.1 Å². The average molecular weight is 227 g/mol. The van der Waals surface area contributed by atoms with Gasteiger partial charge < -0.3 is 5.73 Å². The maximum absolute atomic E-state index is 6.42. The van der Waals surface area contributed by atoms with E-state index in [4.69, 9.17) is 5.73 Å². The highest BCUT2D eigenvalue weighted by molar-refractivity contribution is 4.85. The lowest BCUT2D eigenvalue weighted by molar-refractivity contribution is 0.190. The largest absolute Gasteiger partial charge is 0.327 e. The summed E-state index contributed by atoms with van der Waals surface area (Å²) in [6, 6.07) is 0.408. The molecule has 0 fully saturated rings. The predicted octanol–water partition coefficient (Wildman–Crippen LogP) is 4.89. The molecule has 1 unspecified atom stereocenters. The van der Waals surface area contributed by atoms with Crippen LogP contribution in [0.15, 0.2) is 0 Å². The van der Waals surface area contributed by atoms with Gasteiger partial charge in [0.25, 0.3) is 0 Å². The summed E-state index contributed by atoms with van der Waals surface area (Å²) in [4.78, 5) is 0. The molecular formula is C15H33N. The smallest absolute Gasteiger partial charge is 0.00929 e. The van der Waals surface area contributed by atoms with Gasteiger partial charge in [0.05, 0.1) is 0 Å². The van der Waals surface area contributed by atoms with Crippen LogP contribution in [0.3, 0.4) is 0 Å². The van der Waals surface area contributed by atoms with Crippen LogP contribution < -0.4 is 5.73 Å². The van der Waals surface area contributed by atoms with Gasteiger partial charge in [-0.25, -0.2) is 0 Å². The van der Waals surface area contributed by atoms with Crippen molar-refractivity contribution in [3.63, 3.8) is 0 Å². The number of hydrogen-bond donors (Lipinski definition) is 1. The third-order valence-corrected chi connectivity index (χ3v) is 3.97. The highest BCUT2D eigenvalue weighted by Gasteiger charge is 2.29. The van der Waals surface area contributed by atoms with E-state index in [1.807, 2.05) is 0 Å². The van der Waals surface area contributed by atoms with E-state index in [1.54, 1.807) is 0 Å². The summed E-state index contributed by atoms with van der Waals surface area (Å²) in [6.07, 6.45) is 11.6. The molecule has 0 saturated carbocycles. The van der Waals surface area contributed by atoms with Crippen LogP contribution in [0.4, 0.5) is 0 Å². The summed E-state index contributed by atoms with van der Waals surface area (Å²) >= 11 is 0. The molecule has 0 aliphatic carbocycles. The van der Waals surface area contributed by atoms with Crippen molar-refractivity contribution in [3.8, 4) is 0 Å². The molecule has 0 saturated heterocycles. The minimum Gasteiger partial charge on any atom is -0.327 e. The third-order valence-electron chi connectivity index (χ3n) is 3.97. The summed E-state index contributed by atoms with van der Waals surface area (Å²) < 4.78 is 0. The summed E-state index contributed by atoms with van der Waals surface area (Å²) in [7, 11) is 0. The first-order valence-corrected chi connectivity index (χ1v) is 7.36. The highest BCUT2D eigenvalue weighted by Crippen LogP contribution is 2.35. The van der Waals surface area contributed by atoms with Gasteiger partial charge in [-0.15, -0.1) is 0 Å². The van der Waals surface area contributed by atoms with Gasteiger partial charge in [-0.3, -0.25) is 0 Å². The normalized spacial score (nSPS) is 14.1. The lowest BCUT2D eigenvalue weighted by atomic mass is 9.73. The average Bonchev–Trinajstić information content (AvgIpc) is 2.30. The van der Waals surface area contributed by atoms with Crippen molar-refractivity contribution in [2.75, 3.05) is 0 Å². The molecular weight excluding hydrogens is 194 g/mol. The Morgan fingerprint density at radius 2 is 1.31 bits per heavy atom. The molecule has 0 aliphatic rings. The molecule has 0 spiro atoms. The molecule has 2 N–H and O–H groups in total. The van der Waals surface area contributed by atoms with E-state index in [0.29, 0.717) is 11.5 Å². The Hall–Kier alpha value is -0.0400. The van der Waals surface area contributed by atoms with Crippen LogP contribution in [-0.2, 0) is 0 Å². The van der Waals surface area contributed by atoms with Gasteiger partial charge in [-0.1, -0.05) is 66.2 Å². The number of nitrogens with two attached hydrogens (primary N) is 1. The Labute approximate surface area is 103 Å². The van der Waals surface area contributed by atoms with Crippen LogP contribution in [0.2, 0.25) is 0 Å². The first-order chi connectivity index (χ1) is 7.60. The molecule has 0 bridgehead atoms. The highest BCUT2D eigenvalue weighted by atomic mass is 14.7. The van der Waals surface area contributed by atoms with E-state index < -0.39 is 0 Å². The van der Waals surface area contributed by atoms with Crippen LogP contribution in [0.25, 0.3) is 0 Å². The third kappa shape index (κ3) is 5.89. The van der Waals surface area contributed by atoms with Crippen LogP contribution in [0.5, 0.6) is 0 Å². The molecule has 0 aliphatic heterocycles. The van der Waals surface area contributed by atoms with E-state index in [0.717, 1.165) is 0 Å². The van der Waals surface area contributed by atoms with Gasteiger partial charge in [-0.2, -0.15) is 0 Å². The van der Waals surface area contributed by atoms with Gasteiger partial charge in [0.15, 0.2) is 0 Å². The fraction of sp³-hybridized carbons (Fsp3) is 1.00. The predicted molar refractivity (Wildman–Crippen MR) is 74.7 cm³/mol. The van der Waals surface area contributed by atoms with Crippen molar-refractivity contribution in [3.05, 3.63) is 0 Å². The Balaban J connectivity index is 4.24. The summed E-state index contributed by atoms with van der Waals surface area (Å²) in [5.74, 6) is 0. The topological polar surface area (TPSA) is 26.0 Å². The minimum absolute atomic E-state index is 0.390. The van der Waals surface area contributed by atoms with E-state index in [1.165, 1.54) is 57.8 Å². The van der Waals surface area contributed by atoms with E-state index in [2.05, 4.69) is 27.7 Å². The molecule has 0 amide bonds. The van der Waals surface area contributed by atoms with E-state index in [-0.39, 0.29) is 0 Å². The maximum atomic E-state index is 6.42. The van der Waals surface area contributed by atoms with Crippen LogP contribution >= 0.6 is 0 Å². The summed E-state index contributed by atoms with van der Waals surface area (Å²) in [5.41, 5.74) is 6.81. The van der Waals surface area contributed by atoms with Gasteiger partial charge in [0, 0.05) is 6.04 Å². The van der Waals surface area contributed by atoms with Gasteiger partial charge >= 0.3 is 0 Å². The van der Waals surface area contributed by atoms with Gasteiger partial charge in [0.1, 0.15) is 0 Å². The summed E-state index contributed by atoms with van der Waals surface area (Å²) in [5, 5.41) is 0. The number of hydrogen-bond acceptors (Lipinski definition) is 1. The zero-order valence-electron chi connectivity index (χ0n) is 12.0.